The first-order chi connectivity index (χ1) is 27.6. The number of nitrogens with two attached hydrogens (primary N) is 1. The number of carbonyl (C=O) groups excluding carboxylic acids is 4. The quantitative estimate of drug-likeness (QED) is 0.206. The Bertz CT molecular complexity index is 2450. The molecule has 2 aromatic carbocycles. The Morgan fingerprint density at radius 3 is 2.50 bits per heavy atom. The number of nitrogens with zero attached hydrogens (tertiary/aromatic N) is 2. The lowest BCUT2D eigenvalue weighted by Crippen LogP contribution is -2.59. The Labute approximate surface area is 336 Å². The molecule has 4 heterocycles. The minimum Gasteiger partial charge on any atom is -0.497 e. The molecule has 15 nitrogen and oxygen atoms in total. The van der Waals surface area contributed by atoms with Gasteiger partial charge in [-0.3, -0.25) is 19.1 Å². The number of nitrogens with one attached hydrogen (secondary N) is 2. The number of benzene rings is 2. The maximum absolute atomic E-state index is 15.0. The summed E-state index contributed by atoms with van der Waals surface area (Å²) in [6.45, 7) is 5.68. The van der Waals surface area contributed by atoms with E-state index in [1.165, 1.54) is 4.90 Å². The minimum absolute atomic E-state index is 0.107. The Morgan fingerprint density at radius 2 is 1.79 bits per heavy atom. The number of ether oxygens (including phenoxy) is 3. The molecule has 4 aliphatic rings. The number of rotatable bonds is 7. The second kappa shape index (κ2) is 14.8. The summed E-state index contributed by atoms with van der Waals surface area (Å²) in [4.78, 5) is 62.2. The van der Waals surface area contributed by atoms with Crippen molar-refractivity contribution in [1.82, 2.24) is 19.9 Å². The fraction of sp³-hybridized carbons (Fsp3) is 0.500. The van der Waals surface area contributed by atoms with Gasteiger partial charge in [0.2, 0.25) is 21.8 Å². The summed E-state index contributed by atoms with van der Waals surface area (Å²) < 4.78 is 52.4. The van der Waals surface area contributed by atoms with Crippen molar-refractivity contribution in [1.29, 1.82) is 0 Å². The van der Waals surface area contributed by atoms with E-state index in [1.807, 2.05) is 69.3 Å². The molecule has 6 atom stereocenters. The van der Waals surface area contributed by atoms with E-state index in [-0.39, 0.29) is 25.3 Å². The predicted octanol–water partition coefficient (Wildman–Crippen LogP) is 5.23. The molecular formula is C42H49N5O10S. The molecule has 58 heavy (non-hydrogen) atoms. The van der Waals surface area contributed by atoms with E-state index < -0.39 is 80.1 Å². The van der Waals surface area contributed by atoms with Crippen LogP contribution in [0.25, 0.3) is 32.8 Å². The van der Waals surface area contributed by atoms with E-state index in [4.69, 9.17) is 29.3 Å². The number of methoxy groups -OCH3 is 1. The number of allylic oxidation sites excluding steroid dienone is 1. The van der Waals surface area contributed by atoms with Crippen LogP contribution < -0.4 is 25.2 Å². The van der Waals surface area contributed by atoms with Crippen molar-refractivity contribution in [2.45, 2.75) is 101 Å². The van der Waals surface area contributed by atoms with Gasteiger partial charge < -0.3 is 34.6 Å². The molecule has 4 amide bonds. The highest BCUT2D eigenvalue weighted by atomic mass is 32.2. The summed E-state index contributed by atoms with van der Waals surface area (Å²) in [6.07, 6.45) is 4.45. The normalized spacial score (nSPS) is 27.0. The smallest absolute Gasteiger partial charge is 0.405 e. The van der Waals surface area contributed by atoms with Crippen LogP contribution in [0.5, 0.6) is 11.6 Å². The molecule has 4 aromatic rings. The Morgan fingerprint density at radius 1 is 1.03 bits per heavy atom. The molecule has 3 fully saturated rings. The van der Waals surface area contributed by atoms with Crippen molar-refractivity contribution < 1.29 is 46.2 Å². The molecule has 16 heteroatoms. The van der Waals surface area contributed by atoms with Crippen LogP contribution in [0.2, 0.25) is 0 Å². The number of hydrogen-bond donors (Lipinski definition) is 3. The van der Waals surface area contributed by atoms with E-state index in [2.05, 4.69) is 10.0 Å². The van der Waals surface area contributed by atoms with Gasteiger partial charge in [-0.15, -0.1) is 0 Å². The first-order valence-electron chi connectivity index (χ1n) is 19.9. The SMILES string of the molecule is COc1ccc2oc3c4ccccc4c(O[C@H]4CN5C(=O)[C@@H](OC(N)=O)CCCCCC=C[C@@H]6C[C@@]6(C(=O)NS(=O)(=O)C6CC6)NC(=O)[C@@H]5C4C(C)(C)C)nc3c2c1. The number of hydrogen-bond acceptors (Lipinski definition) is 11. The van der Waals surface area contributed by atoms with Crippen molar-refractivity contribution in [3.8, 4) is 11.6 Å². The fourth-order valence-corrected chi connectivity index (χ4v) is 10.1. The molecule has 2 aliphatic carbocycles. The van der Waals surface area contributed by atoms with E-state index in [9.17, 15) is 27.6 Å². The molecule has 0 bridgehead atoms. The molecule has 2 aliphatic heterocycles. The van der Waals surface area contributed by atoms with Crippen molar-refractivity contribution in [3.63, 3.8) is 0 Å². The van der Waals surface area contributed by atoms with Gasteiger partial charge in [0.25, 0.3) is 11.8 Å². The molecule has 1 saturated heterocycles. The number of sulfonamides is 1. The van der Waals surface area contributed by atoms with Crippen LogP contribution >= 0.6 is 0 Å². The number of aromatic nitrogens is 1. The molecule has 2 saturated carbocycles. The molecule has 8 rings (SSSR count). The van der Waals surface area contributed by atoms with E-state index >= 15 is 0 Å². The van der Waals surface area contributed by atoms with Gasteiger partial charge in [-0.05, 0) is 74.6 Å². The van der Waals surface area contributed by atoms with Crippen molar-refractivity contribution >= 4 is 66.7 Å². The number of primary amides is 1. The monoisotopic (exact) mass is 815 g/mol. The van der Waals surface area contributed by atoms with Crippen molar-refractivity contribution in [2.24, 2.45) is 23.0 Å². The zero-order valence-corrected chi connectivity index (χ0v) is 33.8. The lowest BCUT2D eigenvalue weighted by atomic mass is 9.74. The van der Waals surface area contributed by atoms with E-state index in [1.54, 1.807) is 13.2 Å². The van der Waals surface area contributed by atoms with Crippen LogP contribution in [0.1, 0.15) is 72.1 Å². The summed E-state index contributed by atoms with van der Waals surface area (Å²) in [5.41, 5.74) is 4.90. The molecule has 0 radical (unpaired) electrons. The third kappa shape index (κ3) is 7.30. The molecule has 4 N–H and O–H groups in total. The second-order valence-corrected chi connectivity index (χ2v) is 19.0. The maximum Gasteiger partial charge on any atom is 0.405 e. The van der Waals surface area contributed by atoms with E-state index in [0.717, 1.165) is 11.8 Å². The van der Waals surface area contributed by atoms with Crippen LogP contribution in [0.3, 0.4) is 0 Å². The standard InChI is InChI=1S/C42H49N5O10S/c1-41(2,3)32-31(56-37-27-14-11-10-13-26(27)35-33(44-37)28-20-24(54-4)16-19-29(28)55-35)22-47-34(32)36(48)45-42(39(50)46-58(52,53)25-17-18-25)21-23(42)12-8-6-5-7-9-15-30(38(47)49)57-40(43)51/h8,10-14,16,19-20,23,25,30-32,34H,5-7,9,15,17-18,21-22H2,1-4H3,(H2,43,51)(H,45,48)(H,46,50)/t23-,30+,31+,32?,34+,42-/m1/s1. The third-order valence-corrected chi connectivity index (χ3v) is 13.8. The average molecular weight is 816 g/mol. The minimum atomic E-state index is -3.94. The summed E-state index contributed by atoms with van der Waals surface area (Å²) in [5, 5.41) is 4.38. The topological polar surface area (TPSA) is 209 Å². The molecule has 2 aromatic heterocycles. The molecule has 1 unspecified atom stereocenters. The summed E-state index contributed by atoms with van der Waals surface area (Å²) in [6, 6.07) is 11.7. The number of furan rings is 1. The van der Waals surface area contributed by atoms with Crippen LogP contribution in [0.15, 0.2) is 59.0 Å². The van der Waals surface area contributed by atoms with Gasteiger partial charge in [0.1, 0.15) is 34.5 Å². The Balaban J connectivity index is 1.22. The first-order valence-corrected chi connectivity index (χ1v) is 21.4. The predicted molar refractivity (Wildman–Crippen MR) is 214 cm³/mol. The summed E-state index contributed by atoms with van der Waals surface area (Å²) in [7, 11) is -2.37. The highest BCUT2D eigenvalue weighted by Gasteiger charge is 2.63. The third-order valence-electron chi connectivity index (χ3n) is 12.0. The van der Waals surface area contributed by atoms with Gasteiger partial charge in [-0.25, -0.2) is 18.2 Å². The molecular weight excluding hydrogens is 767 g/mol. The highest BCUT2D eigenvalue weighted by molar-refractivity contribution is 7.91. The Hall–Kier alpha value is -5.38. The second-order valence-electron chi connectivity index (χ2n) is 17.0. The molecule has 0 spiro atoms. The largest absolute Gasteiger partial charge is 0.497 e. The maximum atomic E-state index is 15.0. The van der Waals surface area contributed by atoms with Gasteiger partial charge in [-0.2, -0.15) is 0 Å². The van der Waals surface area contributed by atoms with Gasteiger partial charge in [0.15, 0.2) is 11.7 Å². The number of carbonyl (C=O) groups is 4. The van der Waals surface area contributed by atoms with Crippen LogP contribution in [0.4, 0.5) is 4.79 Å². The lowest BCUT2D eigenvalue weighted by molar-refractivity contribution is -0.147. The van der Waals surface area contributed by atoms with Crippen LogP contribution in [-0.4, -0.2) is 84.8 Å². The zero-order chi connectivity index (χ0) is 41.1. The fourth-order valence-electron chi connectivity index (χ4n) is 8.78. The van der Waals surface area contributed by atoms with Crippen LogP contribution in [-0.2, 0) is 29.1 Å². The highest BCUT2D eigenvalue weighted by Crippen LogP contribution is 2.48. The zero-order valence-electron chi connectivity index (χ0n) is 33.0. The van der Waals surface area contributed by atoms with Gasteiger partial charge in [0.05, 0.1) is 24.3 Å². The van der Waals surface area contributed by atoms with Crippen molar-refractivity contribution in [2.75, 3.05) is 13.7 Å². The van der Waals surface area contributed by atoms with Gasteiger partial charge in [-0.1, -0.05) is 57.5 Å². The lowest BCUT2D eigenvalue weighted by Gasteiger charge is -2.37. The van der Waals surface area contributed by atoms with Gasteiger partial charge >= 0.3 is 6.09 Å². The number of amides is 4. The number of pyridine rings is 1. The van der Waals surface area contributed by atoms with E-state index in [0.29, 0.717) is 65.3 Å². The Kier molecular flexibility index (Phi) is 10.0. The first kappa shape index (κ1) is 39.4. The van der Waals surface area contributed by atoms with Crippen LogP contribution in [0, 0.1) is 17.3 Å². The van der Waals surface area contributed by atoms with Crippen molar-refractivity contribution in [3.05, 3.63) is 54.6 Å². The van der Waals surface area contributed by atoms with Gasteiger partial charge in [0, 0.05) is 22.6 Å². The average Bonchev–Trinajstić information content (AvgIpc) is 4.08. The molecule has 308 valence electrons. The summed E-state index contributed by atoms with van der Waals surface area (Å²) in [5.74, 6) is -2.44. The summed E-state index contributed by atoms with van der Waals surface area (Å²) >= 11 is 0. The number of fused-ring (bicyclic) bond motifs is 7.